The molecule has 2 rings (SSSR count). The van der Waals surface area contributed by atoms with E-state index in [1.165, 1.54) is 0 Å². The molecule has 0 saturated heterocycles. The lowest BCUT2D eigenvalue weighted by Gasteiger charge is -2.28. The number of amides is 1. The van der Waals surface area contributed by atoms with Crippen molar-refractivity contribution in [3.05, 3.63) is 34.4 Å². The van der Waals surface area contributed by atoms with Crippen LogP contribution in [0.3, 0.4) is 0 Å². The van der Waals surface area contributed by atoms with Crippen molar-refractivity contribution in [2.45, 2.75) is 65.0 Å². The molecule has 1 aromatic carbocycles. The summed E-state index contributed by atoms with van der Waals surface area (Å²) in [7, 11) is 0. The molecule has 1 amide bonds. The van der Waals surface area contributed by atoms with E-state index in [1.807, 2.05) is 20.8 Å². The molecule has 5 nitrogen and oxygen atoms in total. The zero-order valence-electron chi connectivity index (χ0n) is 14.9. The van der Waals surface area contributed by atoms with E-state index in [2.05, 4.69) is 17.4 Å². The minimum atomic E-state index is -1.10. The van der Waals surface area contributed by atoms with E-state index in [1.54, 1.807) is 6.92 Å². The number of ether oxygens (including phenoxy) is 1. The minimum Gasteiger partial charge on any atom is -0.464 e. The molecule has 1 aliphatic rings. The molecule has 0 bridgehead atoms. The molecule has 2 atom stereocenters. The SMILES string of the molecule is CCOC(=O)[C@]1(NC(=O)Cc2c(C)cc(C)cc2C)CC[C@@H](O)C1. The fraction of sp³-hybridized carbons (Fsp3) is 0.579. The van der Waals surface area contributed by atoms with Crippen LogP contribution in [0.15, 0.2) is 12.1 Å². The van der Waals surface area contributed by atoms with Gasteiger partial charge in [-0.25, -0.2) is 4.79 Å². The van der Waals surface area contributed by atoms with Crippen LogP contribution >= 0.6 is 0 Å². The van der Waals surface area contributed by atoms with Crippen molar-refractivity contribution in [2.75, 3.05) is 6.61 Å². The Bertz CT molecular complexity index is 617. The van der Waals surface area contributed by atoms with Gasteiger partial charge in [-0.1, -0.05) is 17.7 Å². The molecule has 1 aromatic rings. The van der Waals surface area contributed by atoms with E-state index < -0.39 is 17.6 Å². The monoisotopic (exact) mass is 333 g/mol. The van der Waals surface area contributed by atoms with Gasteiger partial charge in [0.05, 0.1) is 19.1 Å². The zero-order valence-corrected chi connectivity index (χ0v) is 14.9. The first kappa shape index (κ1) is 18.5. The summed E-state index contributed by atoms with van der Waals surface area (Å²) in [5.41, 5.74) is 3.18. The summed E-state index contributed by atoms with van der Waals surface area (Å²) < 4.78 is 5.13. The highest BCUT2D eigenvalue weighted by molar-refractivity contribution is 5.89. The van der Waals surface area contributed by atoms with Crippen LogP contribution in [0, 0.1) is 20.8 Å². The second-order valence-corrected chi connectivity index (χ2v) is 6.80. The molecule has 5 heteroatoms. The lowest BCUT2D eigenvalue weighted by atomic mass is 9.94. The smallest absolute Gasteiger partial charge is 0.331 e. The summed E-state index contributed by atoms with van der Waals surface area (Å²) in [6, 6.07) is 4.10. The van der Waals surface area contributed by atoms with Gasteiger partial charge in [0.15, 0.2) is 0 Å². The number of benzene rings is 1. The Morgan fingerprint density at radius 3 is 2.42 bits per heavy atom. The number of hydrogen-bond acceptors (Lipinski definition) is 4. The van der Waals surface area contributed by atoms with Gasteiger partial charge in [0.25, 0.3) is 0 Å². The van der Waals surface area contributed by atoms with Crippen molar-refractivity contribution in [2.24, 2.45) is 0 Å². The van der Waals surface area contributed by atoms with Crippen LogP contribution in [0.25, 0.3) is 0 Å². The maximum Gasteiger partial charge on any atom is 0.331 e. The Labute approximate surface area is 143 Å². The maximum absolute atomic E-state index is 12.6. The first-order valence-corrected chi connectivity index (χ1v) is 8.50. The largest absolute Gasteiger partial charge is 0.464 e. The number of hydrogen-bond donors (Lipinski definition) is 2. The van der Waals surface area contributed by atoms with Crippen LogP contribution in [0.1, 0.15) is 48.4 Å². The molecule has 0 unspecified atom stereocenters. The van der Waals surface area contributed by atoms with Gasteiger partial charge >= 0.3 is 5.97 Å². The van der Waals surface area contributed by atoms with Crippen molar-refractivity contribution in [1.82, 2.24) is 5.32 Å². The Hall–Kier alpha value is -1.88. The third-order valence-corrected chi connectivity index (χ3v) is 4.71. The van der Waals surface area contributed by atoms with Gasteiger partial charge in [0.2, 0.25) is 5.91 Å². The van der Waals surface area contributed by atoms with Gasteiger partial charge in [0.1, 0.15) is 5.54 Å². The highest BCUT2D eigenvalue weighted by Gasteiger charge is 2.47. The Morgan fingerprint density at radius 1 is 1.29 bits per heavy atom. The number of aliphatic hydroxyl groups excluding tert-OH is 1. The van der Waals surface area contributed by atoms with Gasteiger partial charge in [-0.05, 0) is 57.2 Å². The number of nitrogens with one attached hydrogen (secondary N) is 1. The fourth-order valence-electron chi connectivity index (χ4n) is 3.60. The number of aryl methyl sites for hydroxylation is 3. The molecular formula is C19H27NO4. The maximum atomic E-state index is 12.6. The van der Waals surface area contributed by atoms with Crippen LogP contribution in [0.4, 0.5) is 0 Å². The highest BCUT2D eigenvalue weighted by atomic mass is 16.5. The third kappa shape index (κ3) is 3.96. The predicted molar refractivity (Wildman–Crippen MR) is 91.7 cm³/mol. The van der Waals surface area contributed by atoms with Crippen LogP contribution in [0.5, 0.6) is 0 Å². The molecular weight excluding hydrogens is 306 g/mol. The summed E-state index contributed by atoms with van der Waals surface area (Å²) in [6.45, 7) is 7.99. The minimum absolute atomic E-state index is 0.212. The standard InChI is InChI=1S/C19H27NO4/c1-5-24-18(23)19(7-6-15(21)11-19)20-17(22)10-16-13(3)8-12(2)9-14(16)4/h8-9,15,21H,5-7,10-11H2,1-4H3,(H,20,22)/t15-,19+/m1/s1. The molecule has 1 saturated carbocycles. The number of rotatable bonds is 5. The average molecular weight is 333 g/mol. The van der Waals surface area contributed by atoms with Crippen molar-refractivity contribution in [3.8, 4) is 0 Å². The molecule has 0 aliphatic heterocycles. The van der Waals surface area contributed by atoms with Gasteiger partial charge in [-0.2, -0.15) is 0 Å². The zero-order chi connectivity index (χ0) is 17.9. The Kier molecular flexibility index (Phi) is 5.65. The molecule has 1 aliphatic carbocycles. The van der Waals surface area contributed by atoms with Crippen LogP contribution in [0.2, 0.25) is 0 Å². The molecule has 2 N–H and O–H groups in total. The van der Waals surface area contributed by atoms with Gasteiger partial charge < -0.3 is 15.2 Å². The van der Waals surface area contributed by atoms with E-state index in [0.29, 0.717) is 12.8 Å². The van der Waals surface area contributed by atoms with E-state index in [0.717, 1.165) is 22.3 Å². The first-order valence-electron chi connectivity index (χ1n) is 8.50. The van der Waals surface area contributed by atoms with E-state index in [9.17, 15) is 14.7 Å². The first-order chi connectivity index (χ1) is 11.3. The molecule has 1 fully saturated rings. The van der Waals surface area contributed by atoms with E-state index in [-0.39, 0.29) is 25.4 Å². The molecule has 0 aromatic heterocycles. The van der Waals surface area contributed by atoms with Crippen molar-refractivity contribution < 1.29 is 19.4 Å². The summed E-state index contributed by atoms with van der Waals surface area (Å²) in [6.07, 6.45) is 0.739. The number of carbonyl (C=O) groups is 2. The van der Waals surface area contributed by atoms with E-state index in [4.69, 9.17) is 4.74 Å². The fourth-order valence-corrected chi connectivity index (χ4v) is 3.60. The van der Waals surface area contributed by atoms with Crippen molar-refractivity contribution in [3.63, 3.8) is 0 Å². The predicted octanol–water partition coefficient (Wildman–Crippen LogP) is 2.12. The number of aliphatic hydroxyl groups is 1. The van der Waals surface area contributed by atoms with Gasteiger partial charge in [-0.3, -0.25) is 4.79 Å². The molecule has 24 heavy (non-hydrogen) atoms. The lowest BCUT2D eigenvalue weighted by molar-refractivity contribution is -0.153. The summed E-state index contributed by atoms with van der Waals surface area (Å²) >= 11 is 0. The topological polar surface area (TPSA) is 75.6 Å². The second-order valence-electron chi connectivity index (χ2n) is 6.80. The van der Waals surface area contributed by atoms with Gasteiger partial charge in [-0.15, -0.1) is 0 Å². The van der Waals surface area contributed by atoms with Crippen LogP contribution in [-0.4, -0.2) is 35.2 Å². The molecule has 0 radical (unpaired) electrons. The van der Waals surface area contributed by atoms with Crippen molar-refractivity contribution >= 4 is 11.9 Å². The molecule has 0 spiro atoms. The molecule has 132 valence electrons. The quantitative estimate of drug-likeness (QED) is 0.809. The summed E-state index contributed by atoms with van der Waals surface area (Å²) in [4.78, 5) is 24.9. The van der Waals surface area contributed by atoms with Crippen LogP contribution in [-0.2, 0) is 20.7 Å². The number of carbonyl (C=O) groups excluding carboxylic acids is 2. The normalized spacial score (nSPS) is 23.1. The third-order valence-electron chi connectivity index (χ3n) is 4.71. The summed E-state index contributed by atoms with van der Waals surface area (Å²) in [5, 5.41) is 12.7. The lowest BCUT2D eigenvalue weighted by Crippen LogP contribution is -2.54. The van der Waals surface area contributed by atoms with E-state index >= 15 is 0 Å². The van der Waals surface area contributed by atoms with Crippen LogP contribution < -0.4 is 5.32 Å². The van der Waals surface area contributed by atoms with Crippen molar-refractivity contribution in [1.29, 1.82) is 0 Å². The van der Waals surface area contributed by atoms with Gasteiger partial charge in [0, 0.05) is 6.42 Å². The Balaban J connectivity index is 2.16. The highest BCUT2D eigenvalue weighted by Crippen LogP contribution is 2.31. The number of esters is 1. The Morgan fingerprint density at radius 2 is 1.92 bits per heavy atom. The summed E-state index contributed by atoms with van der Waals surface area (Å²) in [5.74, 6) is -0.667. The average Bonchev–Trinajstić information content (AvgIpc) is 2.85. The second kappa shape index (κ2) is 7.34. The molecule has 0 heterocycles.